The molecule has 0 bridgehead atoms. The van der Waals surface area contributed by atoms with Gasteiger partial charge in [0.25, 0.3) is 5.91 Å². The van der Waals surface area contributed by atoms with Crippen molar-refractivity contribution in [3.63, 3.8) is 0 Å². The lowest BCUT2D eigenvalue weighted by atomic mass is 10.1. The first-order valence-electron chi connectivity index (χ1n) is 6.26. The summed E-state index contributed by atoms with van der Waals surface area (Å²) in [6.07, 6.45) is 1.65. The predicted molar refractivity (Wildman–Crippen MR) is 72.6 cm³/mol. The average molecular weight is 250 g/mol. The zero-order chi connectivity index (χ0) is 13.4. The van der Waals surface area contributed by atoms with E-state index in [-0.39, 0.29) is 11.9 Å². The molecule has 0 aliphatic rings. The standard InChI is InChI=1S/C14H22N2O2/c1-11(8-10-18-2)16-14(17)13-5-3-12(4-6-13)7-9-15/h3-6,11H,7-10,15H2,1-2H3,(H,16,17). The van der Waals surface area contributed by atoms with E-state index >= 15 is 0 Å². The van der Waals surface area contributed by atoms with Crippen molar-refractivity contribution in [3.8, 4) is 0 Å². The van der Waals surface area contributed by atoms with Gasteiger partial charge in [-0.15, -0.1) is 0 Å². The van der Waals surface area contributed by atoms with Crippen LogP contribution >= 0.6 is 0 Å². The number of hydrogen-bond donors (Lipinski definition) is 2. The largest absolute Gasteiger partial charge is 0.385 e. The molecule has 100 valence electrons. The first-order chi connectivity index (χ1) is 8.67. The van der Waals surface area contributed by atoms with Crippen LogP contribution in [0.4, 0.5) is 0 Å². The molecule has 0 aromatic heterocycles. The van der Waals surface area contributed by atoms with E-state index in [1.807, 2.05) is 31.2 Å². The number of carbonyl (C=O) groups excluding carboxylic acids is 1. The van der Waals surface area contributed by atoms with Crippen LogP contribution in [0.5, 0.6) is 0 Å². The van der Waals surface area contributed by atoms with Gasteiger partial charge in [0, 0.05) is 25.3 Å². The van der Waals surface area contributed by atoms with Gasteiger partial charge in [0.1, 0.15) is 0 Å². The van der Waals surface area contributed by atoms with E-state index in [2.05, 4.69) is 5.32 Å². The second-order valence-corrected chi connectivity index (χ2v) is 4.39. The number of hydrogen-bond acceptors (Lipinski definition) is 3. The maximum Gasteiger partial charge on any atom is 0.251 e. The molecule has 0 saturated heterocycles. The van der Waals surface area contributed by atoms with Gasteiger partial charge in [-0.05, 0) is 44.0 Å². The van der Waals surface area contributed by atoms with E-state index in [9.17, 15) is 4.79 Å². The summed E-state index contributed by atoms with van der Waals surface area (Å²) in [5.41, 5.74) is 7.31. The van der Waals surface area contributed by atoms with Gasteiger partial charge >= 0.3 is 0 Å². The number of benzene rings is 1. The Morgan fingerprint density at radius 2 is 2.06 bits per heavy atom. The fourth-order valence-electron chi connectivity index (χ4n) is 1.66. The highest BCUT2D eigenvalue weighted by atomic mass is 16.5. The summed E-state index contributed by atoms with van der Waals surface area (Å²) < 4.78 is 4.98. The second-order valence-electron chi connectivity index (χ2n) is 4.39. The lowest BCUT2D eigenvalue weighted by molar-refractivity contribution is 0.0929. The van der Waals surface area contributed by atoms with Crippen molar-refractivity contribution in [2.75, 3.05) is 20.3 Å². The maximum atomic E-state index is 11.9. The fourth-order valence-corrected chi connectivity index (χ4v) is 1.66. The van der Waals surface area contributed by atoms with Crippen molar-refractivity contribution in [1.29, 1.82) is 0 Å². The van der Waals surface area contributed by atoms with Crippen LogP contribution in [0, 0.1) is 0 Å². The number of nitrogens with one attached hydrogen (secondary N) is 1. The SMILES string of the molecule is COCCC(C)NC(=O)c1ccc(CCN)cc1. The highest BCUT2D eigenvalue weighted by Crippen LogP contribution is 2.05. The molecule has 0 spiro atoms. The van der Waals surface area contributed by atoms with Crippen molar-refractivity contribution in [2.45, 2.75) is 25.8 Å². The molecule has 0 saturated carbocycles. The molecule has 1 atom stereocenters. The third-order valence-corrected chi connectivity index (χ3v) is 2.78. The van der Waals surface area contributed by atoms with Crippen LogP contribution in [0.1, 0.15) is 29.3 Å². The van der Waals surface area contributed by atoms with Crippen LogP contribution in [0.3, 0.4) is 0 Å². The van der Waals surface area contributed by atoms with Crippen LogP contribution in [-0.2, 0) is 11.2 Å². The lowest BCUT2D eigenvalue weighted by Gasteiger charge is -2.13. The van der Waals surface area contributed by atoms with Crippen molar-refractivity contribution in [1.82, 2.24) is 5.32 Å². The van der Waals surface area contributed by atoms with Crippen molar-refractivity contribution < 1.29 is 9.53 Å². The molecule has 1 aromatic carbocycles. The lowest BCUT2D eigenvalue weighted by Crippen LogP contribution is -2.33. The van der Waals surface area contributed by atoms with Gasteiger partial charge in [0.2, 0.25) is 0 Å². The van der Waals surface area contributed by atoms with Gasteiger partial charge in [0.05, 0.1) is 0 Å². The molecular formula is C14H22N2O2. The monoisotopic (exact) mass is 250 g/mol. The summed E-state index contributed by atoms with van der Waals surface area (Å²) in [5.74, 6) is -0.0436. The van der Waals surface area contributed by atoms with Crippen LogP contribution in [-0.4, -0.2) is 32.2 Å². The molecule has 0 radical (unpaired) electrons. The molecule has 0 fully saturated rings. The van der Waals surface area contributed by atoms with Crippen molar-refractivity contribution in [2.24, 2.45) is 5.73 Å². The number of ether oxygens (including phenoxy) is 1. The minimum Gasteiger partial charge on any atom is -0.385 e. The maximum absolute atomic E-state index is 11.9. The quantitative estimate of drug-likeness (QED) is 0.767. The fraction of sp³-hybridized carbons (Fsp3) is 0.500. The number of amides is 1. The Morgan fingerprint density at radius 1 is 1.39 bits per heavy atom. The third kappa shape index (κ3) is 4.85. The number of rotatable bonds is 7. The normalized spacial score (nSPS) is 12.2. The number of carbonyl (C=O) groups is 1. The third-order valence-electron chi connectivity index (χ3n) is 2.78. The molecule has 18 heavy (non-hydrogen) atoms. The molecule has 4 nitrogen and oxygen atoms in total. The van der Waals surface area contributed by atoms with Gasteiger partial charge < -0.3 is 15.8 Å². The Labute approximate surface area is 109 Å². The minimum atomic E-state index is -0.0436. The van der Waals surface area contributed by atoms with Gasteiger partial charge in [-0.2, -0.15) is 0 Å². The van der Waals surface area contributed by atoms with Crippen LogP contribution in [0.2, 0.25) is 0 Å². The first-order valence-corrected chi connectivity index (χ1v) is 6.26. The van der Waals surface area contributed by atoms with Gasteiger partial charge in [0.15, 0.2) is 0 Å². The summed E-state index contributed by atoms with van der Waals surface area (Å²) in [7, 11) is 1.66. The minimum absolute atomic E-state index is 0.0436. The van der Waals surface area contributed by atoms with E-state index in [0.717, 1.165) is 18.4 Å². The predicted octanol–water partition coefficient (Wildman–Crippen LogP) is 1.34. The molecule has 1 rings (SSSR count). The van der Waals surface area contributed by atoms with E-state index in [4.69, 9.17) is 10.5 Å². The molecule has 1 amide bonds. The summed E-state index contributed by atoms with van der Waals surface area (Å²) in [6.45, 7) is 3.25. The summed E-state index contributed by atoms with van der Waals surface area (Å²) in [6, 6.07) is 7.68. The van der Waals surface area contributed by atoms with Crippen molar-refractivity contribution in [3.05, 3.63) is 35.4 Å². The molecule has 0 heterocycles. The summed E-state index contributed by atoms with van der Waals surface area (Å²) >= 11 is 0. The Morgan fingerprint density at radius 3 is 2.61 bits per heavy atom. The van der Waals surface area contributed by atoms with E-state index in [1.165, 1.54) is 0 Å². The zero-order valence-corrected chi connectivity index (χ0v) is 11.1. The van der Waals surface area contributed by atoms with Gasteiger partial charge in [-0.3, -0.25) is 4.79 Å². The van der Waals surface area contributed by atoms with Crippen molar-refractivity contribution >= 4 is 5.91 Å². The molecule has 0 aliphatic carbocycles. The number of nitrogens with two attached hydrogens (primary N) is 1. The Kier molecular flexibility index (Phi) is 6.39. The smallest absolute Gasteiger partial charge is 0.251 e. The number of methoxy groups -OCH3 is 1. The summed E-state index contributed by atoms with van der Waals surface area (Å²) in [4.78, 5) is 11.9. The zero-order valence-electron chi connectivity index (χ0n) is 11.1. The molecular weight excluding hydrogens is 228 g/mol. The van der Waals surface area contributed by atoms with Crippen LogP contribution in [0.25, 0.3) is 0 Å². The average Bonchev–Trinajstić information content (AvgIpc) is 2.37. The molecule has 1 unspecified atom stereocenters. The van der Waals surface area contributed by atoms with Crippen LogP contribution in [0.15, 0.2) is 24.3 Å². The highest BCUT2D eigenvalue weighted by molar-refractivity contribution is 5.94. The topological polar surface area (TPSA) is 64.3 Å². The Bertz CT molecular complexity index is 363. The Hall–Kier alpha value is -1.39. The van der Waals surface area contributed by atoms with Crippen LogP contribution < -0.4 is 11.1 Å². The van der Waals surface area contributed by atoms with E-state index < -0.39 is 0 Å². The highest BCUT2D eigenvalue weighted by Gasteiger charge is 2.09. The Balaban J connectivity index is 2.50. The molecule has 0 aliphatic heterocycles. The van der Waals surface area contributed by atoms with E-state index in [1.54, 1.807) is 7.11 Å². The van der Waals surface area contributed by atoms with Gasteiger partial charge in [-0.1, -0.05) is 12.1 Å². The molecule has 4 heteroatoms. The molecule has 1 aromatic rings. The first kappa shape index (κ1) is 14.7. The van der Waals surface area contributed by atoms with Gasteiger partial charge in [-0.25, -0.2) is 0 Å². The second kappa shape index (κ2) is 7.84. The summed E-state index contributed by atoms with van der Waals surface area (Å²) in [5, 5.41) is 2.94. The van der Waals surface area contributed by atoms with E-state index in [0.29, 0.717) is 18.7 Å². The molecule has 3 N–H and O–H groups in total.